The van der Waals surface area contributed by atoms with Gasteiger partial charge < -0.3 is 10.1 Å². The number of benzene rings is 1. The van der Waals surface area contributed by atoms with Crippen molar-refractivity contribution in [1.29, 1.82) is 0 Å². The first-order valence-corrected chi connectivity index (χ1v) is 8.28. The number of rotatable bonds is 5. The number of ether oxygens (including phenoxy) is 1. The number of hydrogen-bond donors (Lipinski definition) is 1. The molecule has 0 unspecified atom stereocenters. The molecule has 5 heteroatoms. The van der Waals surface area contributed by atoms with E-state index in [4.69, 9.17) is 4.74 Å². The molecular formula is C17H20BrNO3. The third-order valence-corrected chi connectivity index (χ3v) is 4.12. The first kappa shape index (κ1) is 16.7. The fourth-order valence-corrected chi connectivity index (χ4v) is 2.85. The summed E-state index contributed by atoms with van der Waals surface area (Å²) >= 11 is 3.37. The lowest BCUT2D eigenvalue weighted by Crippen LogP contribution is -2.40. The lowest BCUT2D eigenvalue weighted by atomic mass is 10.2. The largest absolute Gasteiger partial charge is 0.449 e. The van der Waals surface area contributed by atoms with Crippen LogP contribution in [-0.2, 0) is 14.3 Å². The Kier molecular flexibility index (Phi) is 6.19. The van der Waals surface area contributed by atoms with Gasteiger partial charge >= 0.3 is 5.97 Å². The van der Waals surface area contributed by atoms with E-state index in [0.717, 1.165) is 35.7 Å². The molecular weight excluding hydrogens is 346 g/mol. The normalized spacial score (nSPS) is 16.6. The SMILES string of the molecule is C[C@H](OC(=O)/C=C/c1cccc(Br)c1)C(=O)NC1CCCC1. The molecule has 4 nitrogen and oxygen atoms in total. The summed E-state index contributed by atoms with van der Waals surface area (Å²) in [6, 6.07) is 7.79. The summed E-state index contributed by atoms with van der Waals surface area (Å²) in [7, 11) is 0. The quantitative estimate of drug-likeness (QED) is 0.642. The number of carbonyl (C=O) groups excluding carboxylic acids is 2. The van der Waals surface area contributed by atoms with E-state index in [9.17, 15) is 9.59 Å². The summed E-state index contributed by atoms with van der Waals surface area (Å²) in [4.78, 5) is 23.7. The summed E-state index contributed by atoms with van der Waals surface area (Å²) in [5.74, 6) is -0.745. The average molecular weight is 366 g/mol. The maximum absolute atomic E-state index is 11.9. The second-order valence-electron chi connectivity index (χ2n) is 5.46. The molecule has 0 aliphatic heterocycles. The van der Waals surface area contributed by atoms with E-state index in [2.05, 4.69) is 21.2 Å². The molecule has 1 aliphatic rings. The Morgan fingerprint density at radius 2 is 2.09 bits per heavy atom. The number of nitrogens with one attached hydrogen (secondary N) is 1. The molecule has 0 aromatic heterocycles. The molecule has 2 rings (SSSR count). The molecule has 1 amide bonds. The maximum atomic E-state index is 11.9. The van der Waals surface area contributed by atoms with Crippen LogP contribution >= 0.6 is 15.9 Å². The van der Waals surface area contributed by atoms with Gasteiger partial charge in [-0.15, -0.1) is 0 Å². The van der Waals surface area contributed by atoms with Crippen LogP contribution in [0.4, 0.5) is 0 Å². The number of amides is 1. The van der Waals surface area contributed by atoms with Crippen LogP contribution in [0.15, 0.2) is 34.8 Å². The second kappa shape index (κ2) is 8.13. The van der Waals surface area contributed by atoms with Crippen LogP contribution in [0.3, 0.4) is 0 Å². The molecule has 0 radical (unpaired) electrons. The van der Waals surface area contributed by atoms with Gasteiger partial charge in [-0.05, 0) is 43.5 Å². The highest BCUT2D eigenvalue weighted by Gasteiger charge is 2.22. The van der Waals surface area contributed by atoms with Gasteiger partial charge in [0.1, 0.15) is 0 Å². The van der Waals surface area contributed by atoms with Crippen LogP contribution in [0.2, 0.25) is 0 Å². The highest BCUT2D eigenvalue weighted by atomic mass is 79.9. The Morgan fingerprint density at radius 1 is 1.36 bits per heavy atom. The van der Waals surface area contributed by atoms with Crippen LogP contribution in [0.5, 0.6) is 0 Å². The standard InChI is InChI=1S/C17H20BrNO3/c1-12(17(21)19-15-7-2-3-8-15)22-16(20)10-9-13-5-4-6-14(18)11-13/h4-6,9-12,15H,2-3,7-8H2,1H3,(H,19,21)/b10-9+/t12-/m0/s1. The highest BCUT2D eigenvalue weighted by Crippen LogP contribution is 2.17. The Bertz CT molecular complexity index is 565. The molecule has 1 aromatic carbocycles. The van der Waals surface area contributed by atoms with Crippen molar-refractivity contribution < 1.29 is 14.3 Å². The number of hydrogen-bond acceptors (Lipinski definition) is 3. The van der Waals surface area contributed by atoms with Gasteiger partial charge in [0.15, 0.2) is 6.10 Å². The van der Waals surface area contributed by atoms with Crippen LogP contribution in [0, 0.1) is 0 Å². The Morgan fingerprint density at radius 3 is 2.77 bits per heavy atom. The van der Waals surface area contributed by atoms with Gasteiger partial charge in [-0.2, -0.15) is 0 Å². The van der Waals surface area contributed by atoms with Crippen LogP contribution < -0.4 is 5.32 Å². The van der Waals surface area contributed by atoms with Gasteiger partial charge in [0.2, 0.25) is 0 Å². The zero-order valence-corrected chi connectivity index (χ0v) is 14.1. The van der Waals surface area contributed by atoms with E-state index in [0.29, 0.717) is 0 Å². The summed E-state index contributed by atoms with van der Waals surface area (Å²) in [5, 5.41) is 2.92. The van der Waals surface area contributed by atoms with Gasteiger partial charge in [0.25, 0.3) is 5.91 Å². The molecule has 1 fully saturated rings. The predicted molar refractivity (Wildman–Crippen MR) is 89.1 cm³/mol. The third kappa shape index (κ3) is 5.30. The maximum Gasteiger partial charge on any atom is 0.331 e. The first-order chi connectivity index (χ1) is 10.5. The van der Waals surface area contributed by atoms with Crippen molar-refractivity contribution in [3.8, 4) is 0 Å². The lowest BCUT2D eigenvalue weighted by Gasteiger charge is -2.16. The van der Waals surface area contributed by atoms with Gasteiger partial charge in [0.05, 0.1) is 0 Å². The minimum absolute atomic E-state index is 0.226. The van der Waals surface area contributed by atoms with Crippen molar-refractivity contribution in [2.24, 2.45) is 0 Å². The molecule has 1 saturated carbocycles. The molecule has 0 spiro atoms. The predicted octanol–water partition coefficient (Wildman–Crippen LogP) is 3.45. The van der Waals surface area contributed by atoms with E-state index in [1.165, 1.54) is 6.08 Å². The molecule has 118 valence electrons. The lowest BCUT2D eigenvalue weighted by molar-refractivity contribution is -0.150. The zero-order chi connectivity index (χ0) is 15.9. The zero-order valence-electron chi connectivity index (χ0n) is 12.5. The summed E-state index contributed by atoms with van der Waals surface area (Å²) in [6.45, 7) is 1.59. The van der Waals surface area contributed by atoms with Gasteiger partial charge in [-0.25, -0.2) is 4.79 Å². The van der Waals surface area contributed by atoms with Crippen molar-refractivity contribution in [3.63, 3.8) is 0 Å². The summed E-state index contributed by atoms with van der Waals surface area (Å²) < 4.78 is 6.06. The Labute approximate surface area is 139 Å². The molecule has 1 atom stereocenters. The topological polar surface area (TPSA) is 55.4 Å². The minimum Gasteiger partial charge on any atom is -0.449 e. The van der Waals surface area contributed by atoms with Gasteiger partial charge in [-0.3, -0.25) is 4.79 Å². The molecule has 0 bridgehead atoms. The summed E-state index contributed by atoms with van der Waals surface area (Å²) in [5.41, 5.74) is 0.884. The molecule has 1 aliphatic carbocycles. The second-order valence-corrected chi connectivity index (χ2v) is 6.37. The van der Waals surface area contributed by atoms with E-state index in [1.807, 2.05) is 24.3 Å². The molecule has 22 heavy (non-hydrogen) atoms. The van der Waals surface area contributed by atoms with Crippen LogP contribution in [0.25, 0.3) is 6.08 Å². The minimum atomic E-state index is -0.778. The number of carbonyl (C=O) groups is 2. The van der Waals surface area contributed by atoms with Gasteiger partial charge in [0, 0.05) is 16.6 Å². The van der Waals surface area contributed by atoms with Crippen LogP contribution in [-0.4, -0.2) is 24.0 Å². The van der Waals surface area contributed by atoms with Crippen molar-refractivity contribution in [2.45, 2.75) is 44.8 Å². The fourth-order valence-electron chi connectivity index (χ4n) is 2.43. The smallest absolute Gasteiger partial charge is 0.331 e. The van der Waals surface area contributed by atoms with E-state index >= 15 is 0 Å². The Balaban J connectivity index is 1.81. The molecule has 1 aromatic rings. The Hall–Kier alpha value is -1.62. The number of halogens is 1. The average Bonchev–Trinajstić information content (AvgIpc) is 2.98. The van der Waals surface area contributed by atoms with Crippen molar-refractivity contribution in [1.82, 2.24) is 5.32 Å². The number of esters is 1. The molecule has 1 N–H and O–H groups in total. The van der Waals surface area contributed by atoms with Crippen molar-refractivity contribution in [3.05, 3.63) is 40.4 Å². The molecule has 0 heterocycles. The third-order valence-electron chi connectivity index (χ3n) is 3.62. The molecule has 0 saturated heterocycles. The fraction of sp³-hybridized carbons (Fsp3) is 0.412. The van der Waals surface area contributed by atoms with Gasteiger partial charge in [-0.1, -0.05) is 40.9 Å². The van der Waals surface area contributed by atoms with E-state index in [-0.39, 0.29) is 11.9 Å². The monoisotopic (exact) mass is 365 g/mol. The summed E-state index contributed by atoms with van der Waals surface area (Å²) in [6.07, 6.45) is 6.53. The van der Waals surface area contributed by atoms with E-state index < -0.39 is 12.1 Å². The van der Waals surface area contributed by atoms with E-state index in [1.54, 1.807) is 13.0 Å². The highest BCUT2D eigenvalue weighted by molar-refractivity contribution is 9.10. The first-order valence-electron chi connectivity index (χ1n) is 7.49. The van der Waals surface area contributed by atoms with Crippen LogP contribution in [0.1, 0.15) is 38.2 Å². The van der Waals surface area contributed by atoms with Crippen molar-refractivity contribution in [2.75, 3.05) is 0 Å². The van der Waals surface area contributed by atoms with Crippen molar-refractivity contribution >= 4 is 33.9 Å².